The van der Waals surface area contributed by atoms with E-state index in [1.54, 1.807) is 12.1 Å². The maximum Gasteiger partial charge on any atom is 0.445 e. The van der Waals surface area contributed by atoms with Gasteiger partial charge in [0.25, 0.3) is 5.91 Å². The molecule has 1 aromatic carbocycles. The Bertz CT molecular complexity index is 712. The van der Waals surface area contributed by atoms with Crippen molar-refractivity contribution in [3.05, 3.63) is 39.9 Å². The van der Waals surface area contributed by atoms with Gasteiger partial charge in [0, 0.05) is 5.56 Å². The van der Waals surface area contributed by atoms with Crippen LogP contribution < -0.4 is 5.32 Å². The SMILES string of the molecule is O=C(Nc1nnc(C(F)(F)F)s1)c1ccc2c(c1)CCCC2. The number of amides is 1. The molecule has 22 heavy (non-hydrogen) atoms. The molecule has 0 spiro atoms. The molecule has 116 valence electrons. The first kappa shape index (κ1) is 15.0. The van der Waals surface area contributed by atoms with Gasteiger partial charge in [-0.05, 0) is 48.9 Å². The molecule has 0 unspecified atom stereocenters. The summed E-state index contributed by atoms with van der Waals surface area (Å²) >= 11 is 0.312. The Hall–Kier alpha value is -1.96. The average molecular weight is 327 g/mol. The molecule has 0 saturated heterocycles. The highest BCUT2D eigenvalue weighted by atomic mass is 32.1. The monoisotopic (exact) mass is 327 g/mol. The van der Waals surface area contributed by atoms with Gasteiger partial charge in [-0.25, -0.2) is 0 Å². The molecule has 1 aliphatic rings. The molecule has 0 fully saturated rings. The largest absolute Gasteiger partial charge is 0.445 e. The lowest BCUT2D eigenvalue weighted by atomic mass is 9.90. The van der Waals surface area contributed by atoms with Crippen LogP contribution in [0.15, 0.2) is 18.2 Å². The van der Waals surface area contributed by atoms with Gasteiger partial charge in [0.2, 0.25) is 10.1 Å². The minimum Gasteiger partial charge on any atom is -0.296 e. The van der Waals surface area contributed by atoms with Crippen LogP contribution in [-0.4, -0.2) is 16.1 Å². The van der Waals surface area contributed by atoms with Crippen LogP contribution in [0.3, 0.4) is 0 Å². The highest BCUT2D eigenvalue weighted by Gasteiger charge is 2.35. The molecule has 0 bridgehead atoms. The lowest BCUT2D eigenvalue weighted by molar-refractivity contribution is -0.138. The molecule has 1 N–H and O–H groups in total. The van der Waals surface area contributed by atoms with Crippen LogP contribution in [0.2, 0.25) is 0 Å². The van der Waals surface area contributed by atoms with Gasteiger partial charge >= 0.3 is 6.18 Å². The second kappa shape index (κ2) is 5.68. The third-order valence-corrected chi connectivity index (χ3v) is 4.38. The van der Waals surface area contributed by atoms with Crippen molar-refractivity contribution >= 4 is 22.4 Å². The van der Waals surface area contributed by atoms with Crippen LogP contribution in [0.25, 0.3) is 0 Å². The van der Waals surface area contributed by atoms with Gasteiger partial charge in [-0.2, -0.15) is 13.2 Å². The second-order valence-electron chi connectivity index (χ2n) is 5.05. The number of nitrogens with zero attached hydrogens (tertiary/aromatic N) is 2. The number of benzene rings is 1. The summed E-state index contributed by atoms with van der Waals surface area (Å²) in [6, 6.07) is 5.39. The van der Waals surface area contributed by atoms with E-state index in [1.165, 1.54) is 5.56 Å². The standard InChI is InChI=1S/C14H12F3N3OS/c15-14(16,17)12-19-20-13(22-12)18-11(21)10-6-5-8-3-1-2-4-9(8)7-10/h5-7H,1-4H2,(H,18,20,21). The zero-order valence-corrected chi connectivity index (χ0v) is 12.2. The number of hydrogen-bond acceptors (Lipinski definition) is 4. The molecule has 0 radical (unpaired) electrons. The molecule has 4 nitrogen and oxygen atoms in total. The van der Waals surface area contributed by atoms with E-state index in [0.717, 1.165) is 31.2 Å². The predicted octanol–water partition coefficient (Wildman–Crippen LogP) is 3.69. The summed E-state index contributed by atoms with van der Waals surface area (Å²) < 4.78 is 37.3. The molecule has 8 heteroatoms. The van der Waals surface area contributed by atoms with Gasteiger partial charge in [0.05, 0.1) is 0 Å². The van der Waals surface area contributed by atoms with Crippen LogP contribution >= 0.6 is 11.3 Å². The summed E-state index contributed by atoms with van der Waals surface area (Å²) in [7, 11) is 0. The van der Waals surface area contributed by atoms with Gasteiger partial charge in [-0.1, -0.05) is 17.4 Å². The van der Waals surface area contributed by atoms with E-state index < -0.39 is 17.1 Å². The topological polar surface area (TPSA) is 54.9 Å². The molecule has 1 aromatic heterocycles. The molecule has 1 heterocycles. The number of rotatable bonds is 2. The number of aryl methyl sites for hydroxylation is 2. The highest BCUT2D eigenvalue weighted by molar-refractivity contribution is 7.15. The van der Waals surface area contributed by atoms with Crippen molar-refractivity contribution in [3.63, 3.8) is 0 Å². The zero-order chi connectivity index (χ0) is 15.7. The van der Waals surface area contributed by atoms with E-state index in [-0.39, 0.29) is 5.13 Å². The van der Waals surface area contributed by atoms with Gasteiger partial charge in [-0.3, -0.25) is 10.1 Å². The van der Waals surface area contributed by atoms with E-state index in [1.807, 2.05) is 6.07 Å². The lowest BCUT2D eigenvalue weighted by Gasteiger charge is -2.16. The zero-order valence-electron chi connectivity index (χ0n) is 11.4. The molecule has 0 aliphatic heterocycles. The molecular weight excluding hydrogens is 315 g/mol. The Labute approximate surface area is 128 Å². The Morgan fingerprint density at radius 2 is 1.86 bits per heavy atom. The maximum absolute atomic E-state index is 12.4. The smallest absolute Gasteiger partial charge is 0.296 e. The van der Waals surface area contributed by atoms with E-state index in [9.17, 15) is 18.0 Å². The summed E-state index contributed by atoms with van der Waals surface area (Å²) in [5.74, 6) is -0.474. The molecule has 3 rings (SSSR count). The summed E-state index contributed by atoms with van der Waals surface area (Å²) in [4.78, 5) is 12.1. The van der Waals surface area contributed by atoms with E-state index >= 15 is 0 Å². The fourth-order valence-corrected chi connectivity index (χ4v) is 3.04. The molecule has 1 amide bonds. The quantitative estimate of drug-likeness (QED) is 0.915. The number of carbonyl (C=O) groups excluding carboxylic acids is 1. The highest BCUT2D eigenvalue weighted by Crippen LogP contribution is 2.33. The minimum absolute atomic E-state index is 0.157. The van der Waals surface area contributed by atoms with Gasteiger partial charge in [0.1, 0.15) is 0 Å². The van der Waals surface area contributed by atoms with Crippen LogP contribution in [0, 0.1) is 0 Å². The first-order valence-corrected chi connectivity index (χ1v) is 7.59. The van der Waals surface area contributed by atoms with Crippen LogP contribution in [0.1, 0.15) is 39.3 Å². The van der Waals surface area contributed by atoms with Gasteiger partial charge in [-0.15, -0.1) is 10.2 Å². The molecular formula is C14H12F3N3OS. The minimum atomic E-state index is -4.55. The fourth-order valence-electron chi connectivity index (χ4n) is 2.43. The Morgan fingerprint density at radius 3 is 2.55 bits per heavy atom. The normalized spacial score (nSPS) is 14.5. The Balaban J connectivity index is 1.76. The van der Waals surface area contributed by atoms with Crippen molar-refractivity contribution in [1.82, 2.24) is 10.2 Å². The number of fused-ring (bicyclic) bond motifs is 1. The summed E-state index contributed by atoms with van der Waals surface area (Å²) in [5, 5.41) is 7.52. The summed E-state index contributed by atoms with van der Waals surface area (Å²) in [6.45, 7) is 0. The average Bonchev–Trinajstić information content (AvgIpc) is 2.95. The first-order chi connectivity index (χ1) is 10.4. The number of aromatic nitrogens is 2. The van der Waals surface area contributed by atoms with Crippen molar-refractivity contribution in [2.75, 3.05) is 5.32 Å². The second-order valence-corrected chi connectivity index (χ2v) is 6.03. The van der Waals surface area contributed by atoms with E-state index in [4.69, 9.17) is 0 Å². The molecule has 2 aromatic rings. The number of anilines is 1. The van der Waals surface area contributed by atoms with Gasteiger partial charge in [0.15, 0.2) is 0 Å². The maximum atomic E-state index is 12.4. The number of hydrogen-bond donors (Lipinski definition) is 1. The molecule has 1 aliphatic carbocycles. The van der Waals surface area contributed by atoms with Crippen molar-refractivity contribution < 1.29 is 18.0 Å². The van der Waals surface area contributed by atoms with Crippen LogP contribution in [0.4, 0.5) is 18.3 Å². The first-order valence-electron chi connectivity index (χ1n) is 6.77. The van der Waals surface area contributed by atoms with Crippen LogP contribution in [-0.2, 0) is 19.0 Å². The van der Waals surface area contributed by atoms with Crippen molar-refractivity contribution in [2.45, 2.75) is 31.9 Å². The summed E-state index contributed by atoms with van der Waals surface area (Å²) in [6.07, 6.45) is -0.393. The van der Waals surface area contributed by atoms with Crippen molar-refractivity contribution in [3.8, 4) is 0 Å². The summed E-state index contributed by atoms with van der Waals surface area (Å²) in [5.41, 5.74) is 2.79. The van der Waals surface area contributed by atoms with Crippen molar-refractivity contribution in [1.29, 1.82) is 0 Å². The third kappa shape index (κ3) is 3.11. The molecule has 0 saturated carbocycles. The van der Waals surface area contributed by atoms with Crippen molar-refractivity contribution in [2.24, 2.45) is 0 Å². The number of carbonyl (C=O) groups is 1. The third-order valence-electron chi connectivity index (χ3n) is 3.50. The number of nitrogens with one attached hydrogen (secondary N) is 1. The Morgan fingerprint density at radius 1 is 1.14 bits per heavy atom. The lowest BCUT2D eigenvalue weighted by Crippen LogP contribution is -2.13. The van der Waals surface area contributed by atoms with E-state index in [0.29, 0.717) is 16.9 Å². The number of halogens is 3. The molecule has 0 atom stereocenters. The van der Waals surface area contributed by atoms with Gasteiger partial charge < -0.3 is 0 Å². The van der Waals surface area contributed by atoms with Crippen LogP contribution in [0.5, 0.6) is 0 Å². The Kier molecular flexibility index (Phi) is 3.86. The predicted molar refractivity (Wildman–Crippen MR) is 75.9 cm³/mol. The number of alkyl halides is 3. The fraction of sp³-hybridized carbons (Fsp3) is 0.357. The van der Waals surface area contributed by atoms with E-state index in [2.05, 4.69) is 15.5 Å².